The fraction of sp³-hybridized carbons (Fsp3) is 0.333. The molecule has 1 aromatic carbocycles. The van der Waals surface area contributed by atoms with Gasteiger partial charge in [0.15, 0.2) is 0 Å². The Hall–Kier alpha value is -1.52. The second kappa shape index (κ2) is 6.08. The average Bonchev–Trinajstić information content (AvgIpc) is 2.84. The first-order valence-electron chi connectivity index (χ1n) is 6.61. The Labute approximate surface area is 133 Å². The Bertz CT molecular complexity index is 680. The van der Waals surface area contributed by atoms with Crippen molar-refractivity contribution >= 4 is 29.1 Å². The van der Waals surface area contributed by atoms with E-state index in [4.69, 9.17) is 28.9 Å². The van der Waals surface area contributed by atoms with Gasteiger partial charge in [-0.1, -0.05) is 43.1 Å². The van der Waals surface area contributed by atoms with Gasteiger partial charge >= 0.3 is 0 Å². The summed E-state index contributed by atoms with van der Waals surface area (Å²) in [5.74, 6) is 0.216. The molecule has 2 N–H and O–H groups in total. The van der Waals surface area contributed by atoms with E-state index in [0.29, 0.717) is 21.4 Å². The number of nitrogens with zero attached hydrogens (tertiary/aromatic N) is 2. The zero-order valence-electron chi connectivity index (χ0n) is 12.1. The maximum atomic E-state index is 11.7. The van der Waals surface area contributed by atoms with Gasteiger partial charge in [-0.3, -0.25) is 4.79 Å². The van der Waals surface area contributed by atoms with Crippen molar-refractivity contribution in [1.82, 2.24) is 9.55 Å². The van der Waals surface area contributed by atoms with Crippen molar-refractivity contribution in [2.45, 2.75) is 26.8 Å². The lowest BCUT2D eigenvalue weighted by molar-refractivity contribution is -0.122. The normalized spacial score (nSPS) is 12.7. The third-order valence-electron chi connectivity index (χ3n) is 3.41. The van der Waals surface area contributed by atoms with Gasteiger partial charge in [0.25, 0.3) is 0 Å². The number of primary amides is 1. The number of carbonyl (C=O) groups excluding carboxylic acids is 1. The molecule has 1 aromatic heterocycles. The van der Waals surface area contributed by atoms with Crippen LogP contribution in [0.2, 0.25) is 10.0 Å². The molecule has 0 spiro atoms. The number of benzene rings is 1. The molecule has 0 fully saturated rings. The molecular weight excluding hydrogens is 309 g/mol. The van der Waals surface area contributed by atoms with Crippen LogP contribution in [-0.2, 0) is 4.79 Å². The fourth-order valence-corrected chi connectivity index (χ4v) is 2.81. The van der Waals surface area contributed by atoms with Crippen LogP contribution >= 0.6 is 23.2 Å². The number of hydrogen-bond donors (Lipinski definition) is 1. The number of imidazole rings is 1. The Morgan fingerprint density at radius 1 is 1.29 bits per heavy atom. The fourth-order valence-electron chi connectivity index (χ4n) is 2.35. The van der Waals surface area contributed by atoms with Crippen LogP contribution in [0.5, 0.6) is 0 Å². The monoisotopic (exact) mass is 325 g/mol. The minimum Gasteiger partial charge on any atom is -0.368 e. The standard InChI is InChI=1S/C15H17Cl2N3O/c1-8(2)13(14(18)21)20-7-6-19-15(20)10-5-4-9(3)11(16)12(10)17/h4-8,13H,1-3H3,(H2,18,21)/t13-/m0/s1. The minimum atomic E-state index is -0.487. The molecule has 0 saturated carbocycles. The maximum absolute atomic E-state index is 11.7. The highest BCUT2D eigenvalue weighted by Gasteiger charge is 2.25. The van der Waals surface area contributed by atoms with Gasteiger partial charge in [-0.2, -0.15) is 0 Å². The second-order valence-electron chi connectivity index (χ2n) is 5.31. The number of hydrogen-bond acceptors (Lipinski definition) is 2. The highest BCUT2D eigenvalue weighted by molar-refractivity contribution is 6.44. The molecule has 0 aliphatic heterocycles. The number of amides is 1. The van der Waals surface area contributed by atoms with E-state index < -0.39 is 11.9 Å². The van der Waals surface area contributed by atoms with E-state index in [9.17, 15) is 4.79 Å². The lowest BCUT2D eigenvalue weighted by Crippen LogP contribution is -2.30. The topological polar surface area (TPSA) is 60.9 Å². The summed E-state index contributed by atoms with van der Waals surface area (Å²) in [6.45, 7) is 5.75. The van der Waals surface area contributed by atoms with E-state index >= 15 is 0 Å². The Morgan fingerprint density at radius 2 is 1.95 bits per heavy atom. The molecule has 1 atom stereocenters. The third kappa shape index (κ3) is 2.92. The zero-order valence-corrected chi connectivity index (χ0v) is 13.6. The lowest BCUT2D eigenvalue weighted by Gasteiger charge is -2.21. The first kappa shape index (κ1) is 15.9. The molecule has 6 heteroatoms. The highest BCUT2D eigenvalue weighted by Crippen LogP contribution is 2.36. The Morgan fingerprint density at radius 3 is 2.52 bits per heavy atom. The molecule has 0 radical (unpaired) electrons. The molecule has 2 aromatic rings. The molecule has 0 unspecified atom stereocenters. The SMILES string of the molecule is Cc1ccc(-c2nccn2[C@H](C(N)=O)C(C)C)c(Cl)c1Cl. The average molecular weight is 326 g/mol. The summed E-state index contributed by atoms with van der Waals surface area (Å²) in [6, 6.07) is 3.23. The first-order valence-corrected chi connectivity index (χ1v) is 7.37. The molecule has 1 amide bonds. The minimum absolute atomic E-state index is 0.0372. The smallest absolute Gasteiger partial charge is 0.240 e. The number of nitrogens with two attached hydrogens (primary N) is 1. The van der Waals surface area contributed by atoms with Gasteiger partial charge in [0.1, 0.15) is 11.9 Å². The lowest BCUT2D eigenvalue weighted by atomic mass is 10.0. The van der Waals surface area contributed by atoms with Gasteiger partial charge in [0, 0.05) is 18.0 Å². The molecule has 1 heterocycles. The van der Waals surface area contributed by atoms with Gasteiger partial charge in [-0.25, -0.2) is 4.98 Å². The molecule has 0 bridgehead atoms. The molecule has 2 rings (SSSR count). The van der Waals surface area contributed by atoms with E-state index in [0.717, 1.165) is 5.56 Å². The van der Waals surface area contributed by atoms with Crippen LogP contribution < -0.4 is 5.73 Å². The number of rotatable bonds is 4. The van der Waals surface area contributed by atoms with Gasteiger partial charge in [-0.15, -0.1) is 0 Å². The van der Waals surface area contributed by atoms with Gasteiger partial charge < -0.3 is 10.3 Å². The summed E-state index contributed by atoms with van der Waals surface area (Å²) < 4.78 is 1.75. The summed E-state index contributed by atoms with van der Waals surface area (Å²) in [6.07, 6.45) is 3.35. The number of halogens is 2. The van der Waals surface area contributed by atoms with Crippen molar-refractivity contribution in [3.63, 3.8) is 0 Å². The molecule has 112 valence electrons. The van der Waals surface area contributed by atoms with E-state index in [2.05, 4.69) is 4.98 Å². The van der Waals surface area contributed by atoms with Crippen molar-refractivity contribution in [2.24, 2.45) is 11.7 Å². The van der Waals surface area contributed by atoms with E-state index in [-0.39, 0.29) is 5.92 Å². The van der Waals surface area contributed by atoms with Crippen LogP contribution in [0.15, 0.2) is 24.5 Å². The van der Waals surface area contributed by atoms with Crippen LogP contribution in [0.25, 0.3) is 11.4 Å². The van der Waals surface area contributed by atoms with Crippen LogP contribution in [-0.4, -0.2) is 15.5 Å². The molecule has 4 nitrogen and oxygen atoms in total. The number of aromatic nitrogens is 2. The predicted molar refractivity (Wildman–Crippen MR) is 85.5 cm³/mol. The van der Waals surface area contributed by atoms with Crippen molar-refractivity contribution < 1.29 is 4.79 Å². The quantitative estimate of drug-likeness (QED) is 0.928. The maximum Gasteiger partial charge on any atom is 0.240 e. The van der Waals surface area contributed by atoms with Gasteiger partial charge in [0.05, 0.1) is 10.0 Å². The van der Waals surface area contributed by atoms with E-state index in [1.807, 2.05) is 32.9 Å². The van der Waals surface area contributed by atoms with Crippen molar-refractivity contribution in [1.29, 1.82) is 0 Å². The summed E-state index contributed by atoms with van der Waals surface area (Å²) >= 11 is 12.5. The summed E-state index contributed by atoms with van der Waals surface area (Å²) in [7, 11) is 0. The zero-order chi connectivity index (χ0) is 15.7. The van der Waals surface area contributed by atoms with Crippen LogP contribution in [0.3, 0.4) is 0 Å². The van der Waals surface area contributed by atoms with E-state index in [1.54, 1.807) is 17.0 Å². The molecule has 0 aliphatic carbocycles. The Kier molecular flexibility index (Phi) is 4.59. The van der Waals surface area contributed by atoms with Crippen molar-refractivity contribution in [2.75, 3.05) is 0 Å². The predicted octanol–water partition coefficient (Wildman–Crippen LogP) is 3.85. The summed E-state index contributed by atoms with van der Waals surface area (Å²) in [4.78, 5) is 16.1. The summed E-state index contributed by atoms with van der Waals surface area (Å²) in [5, 5.41) is 0.917. The molecule has 21 heavy (non-hydrogen) atoms. The first-order chi connectivity index (χ1) is 9.84. The second-order valence-corrected chi connectivity index (χ2v) is 6.06. The molecular formula is C15H17Cl2N3O. The van der Waals surface area contributed by atoms with Gasteiger partial charge in [-0.05, 0) is 24.5 Å². The van der Waals surface area contributed by atoms with Crippen molar-refractivity contribution in [3.05, 3.63) is 40.1 Å². The number of carbonyl (C=O) groups is 1. The summed E-state index contributed by atoms with van der Waals surface area (Å²) in [5.41, 5.74) is 7.09. The number of aryl methyl sites for hydroxylation is 1. The Balaban J connectivity index is 2.60. The van der Waals surface area contributed by atoms with E-state index in [1.165, 1.54) is 0 Å². The third-order valence-corrected chi connectivity index (χ3v) is 4.38. The molecule has 0 aliphatic rings. The van der Waals surface area contributed by atoms with Crippen LogP contribution in [0.4, 0.5) is 0 Å². The molecule has 0 saturated heterocycles. The van der Waals surface area contributed by atoms with Crippen molar-refractivity contribution in [3.8, 4) is 11.4 Å². The van der Waals surface area contributed by atoms with Gasteiger partial charge in [0.2, 0.25) is 5.91 Å². The van der Waals surface area contributed by atoms with Crippen LogP contribution in [0.1, 0.15) is 25.5 Å². The highest BCUT2D eigenvalue weighted by atomic mass is 35.5. The van der Waals surface area contributed by atoms with Crippen LogP contribution in [0, 0.1) is 12.8 Å². The largest absolute Gasteiger partial charge is 0.368 e.